The van der Waals surface area contributed by atoms with Crippen molar-refractivity contribution in [2.75, 3.05) is 32.5 Å². The fourth-order valence-electron chi connectivity index (χ4n) is 0.931. The second kappa shape index (κ2) is 4.67. The maximum atomic E-state index is 9.34. The molecule has 0 fully saturated rings. The molecule has 0 amide bonds. The van der Waals surface area contributed by atoms with Crippen LogP contribution in [0.1, 0.15) is 0 Å². The Hall–Kier alpha value is -1.29. The Labute approximate surface area is 78.2 Å². The normalized spacial score (nSPS) is 10.4. The van der Waals surface area contributed by atoms with E-state index in [1.807, 2.05) is 14.1 Å². The number of aromatic hydroxyl groups is 1. The van der Waals surface area contributed by atoms with E-state index in [1.165, 1.54) is 0 Å². The summed E-state index contributed by atoms with van der Waals surface area (Å²) >= 11 is 0. The Balaban J connectivity index is 2.41. The van der Waals surface area contributed by atoms with E-state index in [0.717, 1.165) is 13.1 Å². The highest BCUT2D eigenvalue weighted by molar-refractivity contribution is 5.48. The van der Waals surface area contributed by atoms with E-state index in [2.05, 4.69) is 15.2 Å². The van der Waals surface area contributed by atoms with Gasteiger partial charge in [0.2, 0.25) is 0 Å². The lowest BCUT2D eigenvalue weighted by Crippen LogP contribution is -2.21. The van der Waals surface area contributed by atoms with Crippen molar-refractivity contribution in [1.82, 2.24) is 9.88 Å². The molecule has 4 heteroatoms. The van der Waals surface area contributed by atoms with Crippen LogP contribution in [0.5, 0.6) is 5.75 Å². The molecule has 0 aliphatic rings. The molecule has 0 unspecified atom stereocenters. The summed E-state index contributed by atoms with van der Waals surface area (Å²) in [6.45, 7) is 1.69. The number of likely N-dealkylation sites (N-methyl/N-ethyl adjacent to an activating group) is 1. The number of nitrogens with one attached hydrogen (secondary N) is 1. The first-order valence-electron chi connectivity index (χ1n) is 4.22. The van der Waals surface area contributed by atoms with E-state index in [-0.39, 0.29) is 5.75 Å². The highest BCUT2D eigenvalue weighted by Gasteiger charge is 1.98. The van der Waals surface area contributed by atoms with Crippen LogP contribution in [0, 0.1) is 0 Å². The topological polar surface area (TPSA) is 48.4 Å². The van der Waals surface area contributed by atoms with Gasteiger partial charge in [-0.2, -0.15) is 0 Å². The molecular weight excluding hydrogens is 166 g/mol. The Morgan fingerprint density at radius 2 is 2.31 bits per heavy atom. The maximum Gasteiger partial charge on any atom is 0.168 e. The van der Waals surface area contributed by atoms with Gasteiger partial charge in [0.1, 0.15) is 0 Å². The zero-order chi connectivity index (χ0) is 9.68. The molecule has 0 spiro atoms. The van der Waals surface area contributed by atoms with Gasteiger partial charge in [-0.25, -0.2) is 4.98 Å². The van der Waals surface area contributed by atoms with Crippen molar-refractivity contribution >= 4 is 5.82 Å². The summed E-state index contributed by atoms with van der Waals surface area (Å²) in [7, 11) is 4.00. The Kier molecular flexibility index (Phi) is 3.52. The van der Waals surface area contributed by atoms with E-state index in [1.54, 1.807) is 18.3 Å². The highest BCUT2D eigenvalue weighted by atomic mass is 16.3. The van der Waals surface area contributed by atoms with Crippen LogP contribution in [-0.4, -0.2) is 42.2 Å². The number of anilines is 1. The molecule has 13 heavy (non-hydrogen) atoms. The zero-order valence-corrected chi connectivity index (χ0v) is 7.99. The predicted octanol–water partition coefficient (Wildman–Crippen LogP) is 0.761. The molecule has 0 atom stereocenters. The molecular formula is C9H15N3O. The standard InChI is InChI=1S/C9H15N3O/c1-12(2)7-6-11-9-8(13)4-3-5-10-9/h3-5,13H,6-7H2,1-2H3,(H,10,11). The van der Waals surface area contributed by atoms with Gasteiger partial charge >= 0.3 is 0 Å². The van der Waals surface area contributed by atoms with Crippen molar-refractivity contribution < 1.29 is 5.11 Å². The third-order valence-corrected chi connectivity index (χ3v) is 1.64. The minimum atomic E-state index is 0.196. The Morgan fingerprint density at radius 1 is 1.54 bits per heavy atom. The average molecular weight is 181 g/mol. The van der Waals surface area contributed by atoms with Crippen molar-refractivity contribution in [2.45, 2.75) is 0 Å². The van der Waals surface area contributed by atoms with Gasteiger partial charge in [0.05, 0.1) is 0 Å². The first kappa shape index (κ1) is 9.80. The van der Waals surface area contributed by atoms with E-state index in [9.17, 15) is 5.11 Å². The average Bonchev–Trinajstić information content (AvgIpc) is 2.08. The lowest BCUT2D eigenvalue weighted by molar-refractivity contribution is 0.424. The molecule has 1 aromatic heterocycles. The van der Waals surface area contributed by atoms with Crippen molar-refractivity contribution in [3.05, 3.63) is 18.3 Å². The second-order valence-corrected chi connectivity index (χ2v) is 3.10. The summed E-state index contributed by atoms with van der Waals surface area (Å²) in [5.41, 5.74) is 0. The molecule has 1 rings (SSSR count). The van der Waals surface area contributed by atoms with Crippen molar-refractivity contribution in [3.8, 4) is 5.75 Å². The fraction of sp³-hybridized carbons (Fsp3) is 0.444. The number of aromatic nitrogens is 1. The molecule has 0 radical (unpaired) electrons. The van der Waals surface area contributed by atoms with Gasteiger partial charge in [-0.05, 0) is 26.2 Å². The molecule has 1 heterocycles. The van der Waals surface area contributed by atoms with Gasteiger partial charge < -0.3 is 15.3 Å². The number of pyridine rings is 1. The van der Waals surface area contributed by atoms with Crippen LogP contribution in [0.25, 0.3) is 0 Å². The predicted molar refractivity (Wildman–Crippen MR) is 52.9 cm³/mol. The molecule has 4 nitrogen and oxygen atoms in total. The van der Waals surface area contributed by atoms with Crippen LogP contribution in [0.2, 0.25) is 0 Å². The smallest absolute Gasteiger partial charge is 0.168 e. The fourth-order valence-corrected chi connectivity index (χ4v) is 0.931. The number of rotatable bonds is 4. The minimum absolute atomic E-state index is 0.196. The molecule has 72 valence electrons. The molecule has 0 bridgehead atoms. The molecule has 0 aliphatic heterocycles. The van der Waals surface area contributed by atoms with Crippen LogP contribution in [-0.2, 0) is 0 Å². The van der Waals surface area contributed by atoms with Crippen molar-refractivity contribution in [2.24, 2.45) is 0 Å². The van der Waals surface area contributed by atoms with Crippen LogP contribution in [0.15, 0.2) is 18.3 Å². The van der Waals surface area contributed by atoms with E-state index >= 15 is 0 Å². The quantitative estimate of drug-likeness (QED) is 0.720. The van der Waals surface area contributed by atoms with Gasteiger partial charge in [0.15, 0.2) is 11.6 Å². The zero-order valence-electron chi connectivity index (χ0n) is 7.99. The SMILES string of the molecule is CN(C)CCNc1ncccc1O. The van der Waals surface area contributed by atoms with Crippen LogP contribution in [0.3, 0.4) is 0 Å². The summed E-state index contributed by atoms with van der Waals surface area (Å²) in [6, 6.07) is 3.32. The summed E-state index contributed by atoms with van der Waals surface area (Å²) in [4.78, 5) is 6.06. The minimum Gasteiger partial charge on any atom is -0.504 e. The molecule has 0 aromatic carbocycles. The van der Waals surface area contributed by atoms with Gasteiger partial charge in [-0.3, -0.25) is 0 Å². The van der Waals surface area contributed by atoms with Gasteiger partial charge in [-0.15, -0.1) is 0 Å². The summed E-state index contributed by atoms with van der Waals surface area (Å²) in [6.07, 6.45) is 1.65. The number of nitrogens with zero attached hydrogens (tertiary/aromatic N) is 2. The summed E-state index contributed by atoms with van der Waals surface area (Å²) in [5, 5.41) is 12.4. The van der Waals surface area contributed by atoms with E-state index in [0.29, 0.717) is 5.82 Å². The van der Waals surface area contributed by atoms with Crippen LogP contribution >= 0.6 is 0 Å². The molecule has 0 aliphatic carbocycles. The number of hydrogen-bond acceptors (Lipinski definition) is 4. The van der Waals surface area contributed by atoms with Gasteiger partial charge in [0, 0.05) is 19.3 Å². The van der Waals surface area contributed by atoms with Crippen molar-refractivity contribution in [1.29, 1.82) is 0 Å². The molecule has 1 aromatic rings. The highest BCUT2D eigenvalue weighted by Crippen LogP contribution is 2.17. The monoisotopic (exact) mass is 181 g/mol. The first-order valence-corrected chi connectivity index (χ1v) is 4.22. The molecule has 0 saturated carbocycles. The van der Waals surface area contributed by atoms with Crippen LogP contribution < -0.4 is 5.32 Å². The second-order valence-electron chi connectivity index (χ2n) is 3.10. The third-order valence-electron chi connectivity index (χ3n) is 1.64. The van der Waals surface area contributed by atoms with E-state index < -0.39 is 0 Å². The molecule has 2 N–H and O–H groups in total. The van der Waals surface area contributed by atoms with Crippen molar-refractivity contribution in [3.63, 3.8) is 0 Å². The maximum absolute atomic E-state index is 9.34. The lowest BCUT2D eigenvalue weighted by atomic mass is 10.4. The van der Waals surface area contributed by atoms with Gasteiger partial charge in [-0.1, -0.05) is 0 Å². The largest absolute Gasteiger partial charge is 0.504 e. The Morgan fingerprint density at radius 3 is 2.92 bits per heavy atom. The molecule has 0 saturated heterocycles. The summed E-state index contributed by atoms with van der Waals surface area (Å²) in [5.74, 6) is 0.741. The first-order chi connectivity index (χ1) is 6.20. The Bertz CT molecular complexity index is 263. The summed E-state index contributed by atoms with van der Waals surface area (Å²) < 4.78 is 0. The number of hydrogen-bond donors (Lipinski definition) is 2. The third kappa shape index (κ3) is 3.29. The van der Waals surface area contributed by atoms with E-state index in [4.69, 9.17) is 0 Å². The van der Waals surface area contributed by atoms with Gasteiger partial charge in [0.25, 0.3) is 0 Å². The lowest BCUT2D eigenvalue weighted by Gasteiger charge is -2.11. The van der Waals surface area contributed by atoms with Crippen LogP contribution in [0.4, 0.5) is 5.82 Å².